The quantitative estimate of drug-likeness (QED) is 0.747. The molecule has 2 aromatic rings. The Hall–Kier alpha value is -2.87. The second kappa shape index (κ2) is 10.1. The van der Waals surface area contributed by atoms with Crippen molar-refractivity contribution in [1.82, 2.24) is 10.2 Å². The molecule has 0 saturated carbocycles. The first kappa shape index (κ1) is 20.9. The first-order valence-electron chi connectivity index (χ1n) is 9.20. The molecular weight excluding hydrogens is 392 g/mol. The van der Waals surface area contributed by atoms with Gasteiger partial charge in [-0.3, -0.25) is 4.79 Å². The highest BCUT2D eigenvalue weighted by atomic mass is 32.2. The fourth-order valence-electron chi connectivity index (χ4n) is 3.04. The SMILES string of the molecule is COc1ccc(OC)c(C2SCCN2C(=O)CNC(=O)OCc2ccccc2)c1. The summed E-state index contributed by atoms with van der Waals surface area (Å²) in [7, 11) is 3.20. The molecule has 1 unspecified atom stereocenters. The zero-order chi connectivity index (χ0) is 20.6. The number of alkyl carbamates (subject to hydrolysis) is 1. The van der Waals surface area contributed by atoms with Crippen molar-refractivity contribution in [2.75, 3.05) is 33.1 Å². The zero-order valence-electron chi connectivity index (χ0n) is 16.4. The van der Waals surface area contributed by atoms with Crippen LogP contribution in [0.1, 0.15) is 16.5 Å². The maximum atomic E-state index is 12.7. The Labute approximate surface area is 174 Å². The summed E-state index contributed by atoms with van der Waals surface area (Å²) in [5, 5.41) is 2.34. The number of carbonyl (C=O) groups excluding carboxylic acids is 2. The molecule has 1 saturated heterocycles. The Morgan fingerprint density at radius 3 is 2.66 bits per heavy atom. The number of methoxy groups -OCH3 is 2. The van der Waals surface area contributed by atoms with Gasteiger partial charge in [-0.15, -0.1) is 11.8 Å². The van der Waals surface area contributed by atoms with Crippen LogP contribution in [0, 0.1) is 0 Å². The lowest BCUT2D eigenvalue weighted by atomic mass is 10.1. The van der Waals surface area contributed by atoms with E-state index in [0.29, 0.717) is 18.0 Å². The summed E-state index contributed by atoms with van der Waals surface area (Å²) in [6.45, 7) is 0.621. The third-order valence-corrected chi connectivity index (χ3v) is 5.75. The Balaban J connectivity index is 1.58. The Kier molecular flexibility index (Phi) is 7.24. The topological polar surface area (TPSA) is 77.1 Å². The van der Waals surface area contributed by atoms with E-state index in [4.69, 9.17) is 14.2 Å². The average Bonchev–Trinajstić information content (AvgIpc) is 3.26. The van der Waals surface area contributed by atoms with Crippen molar-refractivity contribution in [2.24, 2.45) is 0 Å². The first-order valence-corrected chi connectivity index (χ1v) is 10.2. The van der Waals surface area contributed by atoms with E-state index >= 15 is 0 Å². The van der Waals surface area contributed by atoms with Crippen LogP contribution in [0.5, 0.6) is 11.5 Å². The van der Waals surface area contributed by atoms with Gasteiger partial charge in [0.15, 0.2) is 0 Å². The fraction of sp³-hybridized carbons (Fsp3) is 0.333. The van der Waals surface area contributed by atoms with Gasteiger partial charge in [-0.25, -0.2) is 4.79 Å². The molecule has 1 aliphatic rings. The minimum Gasteiger partial charge on any atom is -0.497 e. The van der Waals surface area contributed by atoms with Gasteiger partial charge in [0.25, 0.3) is 0 Å². The lowest BCUT2D eigenvalue weighted by Crippen LogP contribution is -2.40. The van der Waals surface area contributed by atoms with Gasteiger partial charge in [0, 0.05) is 17.9 Å². The van der Waals surface area contributed by atoms with Crippen molar-refractivity contribution in [3.8, 4) is 11.5 Å². The summed E-state index contributed by atoms with van der Waals surface area (Å²) in [6, 6.07) is 14.9. The van der Waals surface area contributed by atoms with E-state index < -0.39 is 6.09 Å². The van der Waals surface area contributed by atoms with Crippen molar-refractivity contribution in [1.29, 1.82) is 0 Å². The molecule has 0 spiro atoms. The van der Waals surface area contributed by atoms with E-state index in [1.54, 1.807) is 30.9 Å². The van der Waals surface area contributed by atoms with E-state index in [1.165, 1.54) is 0 Å². The van der Waals surface area contributed by atoms with Crippen LogP contribution in [0.15, 0.2) is 48.5 Å². The van der Waals surface area contributed by atoms with Gasteiger partial charge in [0.1, 0.15) is 30.0 Å². The molecule has 154 valence electrons. The predicted octanol–water partition coefficient (Wildman–Crippen LogP) is 3.20. The van der Waals surface area contributed by atoms with Crippen molar-refractivity contribution >= 4 is 23.8 Å². The monoisotopic (exact) mass is 416 g/mol. The number of nitrogens with one attached hydrogen (secondary N) is 1. The number of nitrogens with zero attached hydrogens (tertiary/aromatic N) is 1. The summed E-state index contributed by atoms with van der Waals surface area (Å²) in [5.41, 5.74) is 1.75. The fourth-order valence-corrected chi connectivity index (χ4v) is 4.33. The third-order valence-electron chi connectivity index (χ3n) is 4.51. The number of hydrogen-bond acceptors (Lipinski definition) is 6. The minimum absolute atomic E-state index is 0.128. The van der Waals surface area contributed by atoms with Crippen LogP contribution in [-0.2, 0) is 16.1 Å². The summed E-state index contributed by atoms with van der Waals surface area (Å²) in [5.74, 6) is 2.01. The third kappa shape index (κ3) is 5.35. The number of rotatable bonds is 7. The number of benzene rings is 2. The summed E-state index contributed by atoms with van der Waals surface area (Å²) in [6.07, 6.45) is -0.621. The standard InChI is InChI=1S/C21H24N2O5S/c1-26-16-8-9-18(27-2)17(12-16)20-23(10-11-29-20)19(24)13-22-21(25)28-14-15-6-4-3-5-7-15/h3-9,12,20H,10-11,13-14H2,1-2H3,(H,22,25). The second-order valence-corrected chi connectivity index (χ2v) is 7.52. The molecule has 3 rings (SSSR count). The van der Waals surface area contributed by atoms with Gasteiger partial charge in [-0.05, 0) is 23.8 Å². The van der Waals surface area contributed by atoms with Crippen LogP contribution in [0.4, 0.5) is 4.79 Å². The van der Waals surface area contributed by atoms with Crippen LogP contribution in [0.25, 0.3) is 0 Å². The lowest BCUT2D eigenvalue weighted by Gasteiger charge is -2.26. The van der Waals surface area contributed by atoms with Crippen LogP contribution in [-0.4, -0.2) is 50.0 Å². The number of carbonyl (C=O) groups is 2. The van der Waals surface area contributed by atoms with E-state index in [9.17, 15) is 9.59 Å². The normalized spacial score (nSPS) is 15.7. The molecule has 7 nitrogen and oxygen atoms in total. The molecule has 2 aromatic carbocycles. The largest absolute Gasteiger partial charge is 0.497 e. The highest BCUT2D eigenvalue weighted by Gasteiger charge is 2.33. The lowest BCUT2D eigenvalue weighted by molar-refractivity contribution is -0.130. The molecule has 0 radical (unpaired) electrons. The molecule has 0 aromatic heterocycles. The molecule has 1 fully saturated rings. The number of ether oxygens (including phenoxy) is 3. The molecule has 2 amide bonds. The van der Waals surface area contributed by atoms with Gasteiger partial charge >= 0.3 is 6.09 Å². The van der Waals surface area contributed by atoms with Crippen LogP contribution < -0.4 is 14.8 Å². The smallest absolute Gasteiger partial charge is 0.407 e. The Morgan fingerprint density at radius 2 is 1.93 bits per heavy atom. The van der Waals surface area contributed by atoms with Gasteiger partial charge in [-0.1, -0.05) is 30.3 Å². The van der Waals surface area contributed by atoms with Crippen molar-refractivity contribution in [2.45, 2.75) is 12.0 Å². The molecule has 0 aliphatic carbocycles. The van der Waals surface area contributed by atoms with Gasteiger partial charge < -0.3 is 24.4 Å². The van der Waals surface area contributed by atoms with Gasteiger partial charge in [-0.2, -0.15) is 0 Å². The molecule has 29 heavy (non-hydrogen) atoms. The highest BCUT2D eigenvalue weighted by molar-refractivity contribution is 7.99. The summed E-state index contributed by atoms with van der Waals surface area (Å²) in [4.78, 5) is 26.4. The Bertz CT molecular complexity index is 846. The van der Waals surface area contributed by atoms with Crippen molar-refractivity contribution < 1.29 is 23.8 Å². The first-order chi connectivity index (χ1) is 14.1. The number of thioether (sulfide) groups is 1. The van der Waals surface area contributed by atoms with E-state index in [0.717, 1.165) is 16.9 Å². The summed E-state index contributed by atoms with van der Waals surface area (Å²) >= 11 is 1.65. The molecule has 8 heteroatoms. The number of amides is 2. The Morgan fingerprint density at radius 1 is 1.14 bits per heavy atom. The zero-order valence-corrected chi connectivity index (χ0v) is 17.2. The maximum Gasteiger partial charge on any atom is 0.407 e. The van der Waals surface area contributed by atoms with Crippen LogP contribution in [0.2, 0.25) is 0 Å². The molecule has 1 N–H and O–H groups in total. The predicted molar refractivity (Wildman–Crippen MR) is 111 cm³/mol. The molecule has 1 aliphatic heterocycles. The molecule has 1 atom stereocenters. The minimum atomic E-state index is -0.621. The molecule has 0 bridgehead atoms. The molecule has 1 heterocycles. The van der Waals surface area contributed by atoms with Crippen LogP contribution >= 0.6 is 11.8 Å². The molecular formula is C21H24N2O5S. The number of hydrogen-bond donors (Lipinski definition) is 1. The van der Waals surface area contributed by atoms with Crippen molar-refractivity contribution in [3.63, 3.8) is 0 Å². The van der Waals surface area contributed by atoms with E-state index in [-0.39, 0.29) is 24.4 Å². The van der Waals surface area contributed by atoms with E-state index in [2.05, 4.69) is 5.32 Å². The van der Waals surface area contributed by atoms with Crippen LogP contribution in [0.3, 0.4) is 0 Å². The summed E-state index contributed by atoms with van der Waals surface area (Å²) < 4.78 is 15.9. The van der Waals surface area contributed by atoms with Crippen molar-refractivity contribution in [3.05, 3.63) is 59.7 Å². The second-order valence-electron chi connectivity index (χ2n) is 6.33. The highest BCUT2D eigenvalue weighted by Crippen LogP contribution is 2.43. The average molecular weight is 416 g/mol. The van der Waals surface area contributed by atoms with Gasteiger partial charge in [0.2, 0.25) is 5.91 Å². The maximum absolute atomic E-state index is 12.7. The van der Waals surface area contributed by atoms with E-state index in [1.807, 2.05) is 48.5 Å². The van der Waals surface area contributed by atoms with Gasteiger partial charge in [0.05, 0.1) is 14.2 Å².